The molecule has 0 saturated carbocycles. The standard InChI is InChI=1S/C21H16IN3O2S.C3H9N/c1-27-20-5-3-2-4-16(20)18-11-25(28-22)21-17(18)9-14(10-24-21)13-6-7-19(23)15(8-13)12-26;1-4(2)3/h2-12H,23H2,1H3;1-3H3. The summed E-state index contributed by atoms with van der Waals surface area (Å²) in [7, 11) is 9.23. The van der Waals surface area contributed by atoms with Gasteiger partial charge in [0.15, 0.2) is 11.9 Å². The van der Waals surface area contributed by atoms with Gasteiger partial charge in [-0.2, -0.15) is 0 Å². The lowest BCUT2D eigenvalue weighted by Crippen LogP contribution is -1.99. The summed E-state index contributed by atoms with van der Waals surface area (Å²) in [6.07, 6.45) is 4.66. The minimum atomic E-state index is 0.468. The number of carbonyl (C=O) groups is 1. The number of halogens is 1. The van der Waals surface area contributed by atoms with E-state index in [1.165, 1.54) is 0 Å². The molecular weight excluding hydrogens is 535 g/mol. The SMILES string of the molecule is CN(C)C.COc1ccccc1-c1cn(SI)c2ncc(-c3ccc(N)c(C=O)c3)cc12. The van der Waals surface area contributed by atoms with E-state index in [0.717, 1.165) is 45.3 Å². The number of para-hydroxylation sites is 1. The third kappa shape index (κ3) is 5.25. The van der Waals surface area contributed by atoms with Crippen LogP contribution in [0.4, 0.5) is 5.69 Å². The molecule has 0 fully saturated rings. The number of ether oxygens (including phenoxy) is 1. The molecule has 0 aliphatic rings. The number of methoxy groups -OCH3 is 1. The molecule has 8 heteroatoms. The van der Waals surface area contributed by atoms with Crippen LogP contribution in [0.15, 0.2) is 60.9 Å². The number of rotatable bonds is 5. The first kappa shape index (κ1) is 24.1. The number of fused-ring (bicyclic) bond motifs is 1. The third-order valence-electron chi connectivity index (χ3n) is 4.63. The van der Waals surface area contributed by atoms with Gasteiger partial charge in [-0.3, -0.25) is 8.77 Å². The Morgan fingerprint density at radius 1 is 1.09 bits per heavy atom. The fourth-order valence-electron chi connectivity index (χ4n) is 3.23. The predicted molar refractivity (Wildman–Crippen MR) is 144 cm³/mol. The lowest BCUT2D eigenvalue weighted by atomic mass is 10.0. The number of nitrogens with zero attached hydrogens (tertiary/aromatic N) is 3. The number of hydrogen-bond acceptors (Lipinski definition) is 6. The van der Waals surface area contributed by atoms with Crippen LogP contribution < -0.4 is 10.5 Å². The van der Waals surface area contributed by atoms with E-state index in [0.29, 0.717) is 11.3 Å². The number of aromatic nitrogens is 2. The lowest BCUT2D eigenvalue weighted by molar-refractivity contribution is 0.112. The molecular formula is C24H25IN4O2S. The first-order valence-electron chi connectivity index (χ1n) is 9.79. The molecule has 0 atom stereocenters. The quantitative estimate of drug-likeness (QED) is 0.189. The number of pyridine rings is 1. The Kier molecular flexibility index (Phi) is 8.16. The zero-order chi connectivity index (χ0) is 23.3. The van der Waals surface area contributed by atoms with E-state index in [1.807, 2.05) is 66.5 Å². The van der Waals surface area contributed by atoms with Crippen molar-refractivity contribution in [2.24, 2.45) is 0 Å². The van der Waals surface area contributed by atoms with Gasteiger partial charge in [-0.05, 0) is 51.0 Å². The normalized spacial score (nSPS) is 10.7. The number of aldehydes is 1. The summed E-state index contributed by atoms with van der Waals surface area (Å²) >= 11 is 2.24. The maximum atomic E-state index is 11.3. The maximum Gasteiger partial charge on any atom is 0.152 e. The van der Waals surface area contributed by atoms with Gasteiger partial charge in [0.2, 0.25) is 0 Å². The Morgan fingerprint density at radius 3 is 2.47 bits per heavy atom. The van der Waals surface area contributed by atoms with Crippen LogP contribution in [-0.4, -0.2) is 48.4 Å². The zero-order valence-corrected chi connectivity index (χ0v) is 21.3. The molecule has 0 unspecified atom stereocenters. The second-order valence-electron chi connectivity index (χ2n) is 7.54. The second kappa shape index (κ2) is 10.8. The summed E-state index contributed by atoms with van der Waals surface area (Å²) in [6.45, 7) is 0. The molecule has 0 aliphatic heterocycles. The van der Waals surface area contributed by atoms with Crippen LogP contribution >= 0.6 is 30.3 Å². The molecule has 2 heterocycles. The summed E-state index contributed by atoms with van der Waals surface area (Å²) in [5.74, 6) is 0.807. The summed E-state index contributed by atoms with van der Waals surface area (Å²) in [6, 6.07) is 15.5. The Balaban J connectivity index is 0.000000668. The predicted octanol–water partition coefficient (Wildman–Crippen LogP) is 5.80. The molecule has 2 aromatic heterocycles. The first-order valence-corrected chi connectivity index (χ1v) is 13.1. The molecule has 0 bridgehead atoms. The highest BCUT2D eigenvalue weighted by Crippen LogP contribution is 2.39. The van der Waals surface area contributed by atoms with Gasteiger partial charge < -0.3 is 15.4 Å². The van der Waals surface area contributed by atoms with Crippen molar-refractivity contribution in [1.82, 2.24) is 13.9 Å². The number of anilines is 1. The van der Waals surface area contributed by atoms with Crippen molar-refractivity contribution in [3.8, 4) is 28.0 Å². The third-order valence-corrected chi connectivity index (χ3v) is 6.33. The highest BCUT2D eigenvalue weighted by atomic mass is 127. The zero-order valence-electron chi connectivity index (χ0n) is 18.4. The Labute approximate surface area is 204 Å². The Hall–Kier alpha value is -2.56. The molecule has 0 radical (unpaired) electrons. The van der Waals surface area contributed by atoms with Crippen LogP contribution in [0.3, 0.4) is 0 Å². The summed E-state index contributed by atoms with van der Waals surface area (Å²) < 4.78 is 7.59. The van der Waals surface area contributed by atoms with Gasteiger partial charge in [-0.15, -0.1) is 0 Å². The maximum absolute atomic E-state index is 11.3. The highest BCUT2D eigenvalue weighted by molar-refractivity contribution is 14.2. The van der Waals surface area contributed by atoms with Gasteiger partial charge in [0.25, 0.3) is 0 Å². The fourth-order valence-corrected chi connectivity index (χ4v) is 4.48. The van der Waals surface area contributed by atoms with E-state index in [4.69, 9.17) is 10.5 Å². The van der Waals surface area contributed by atoms with Crippen LogP contribution in [0.5, 0.6) is 5.75 Å². The van der Waals surface area contributed by atoms with E-state index in [-0.39, 0.29) is 0 Å². The number of nitrogens with two attached hydrogens (primary N) is 1. The average Bonchev–Trinajstić information content (AvgIpc) is 3.16. The van der Waals surface area contributed by atoms with E-state index in [9.17, 15) is 4.79 Å². The van der Waals surface area contributed by atoms with Gasteiger partial charge in [-0.25, -0.2) is 4.98 Å². The van der Waals surface area contributed by atoms with Crippen LogP contribution in [-0.2, 0) is 0 Å². The van der Waals surface area contributed by atoms with Crippen molar-refractivity contribution < 1.29 is 9.53 Å². The molecule has 0 spiro atoms. The van der Waals surface area contributed by atoms with Crippen molar-refractivity contribution in [3.63, 3.8) is 0 Å². The molecule has 0 aliphatic carbocycles. The molecule has 2 N–H and O–H groups in total. The van der Waals surface area contributed by atoms with Crippen molar-refractivity contribution in [2.75, 3.05) is 34.0 Å². The number of carbonyl (C=O) groups excluding carboxylic acids is 1. The first-order chi connectivity index (χ1) is 15.4. The van der Waals surface area contributed by atoms with E-state index in [2.05, 4.69) is 38.5 Å². The molecule has 0 saturated heterocycles. The van der Waals surface area contributed by atoms with Gasteiger partial charge >= 0.3 is 0 Å². The smallest absolute Gasteiger partial charge is 0.152 e. The molecule has 0 amide bonds. The largest absolute Gasteiger partial charge is 0.496 e. The average molecular weight is 560 g/mol. The summed E-state index contributed by atoms with van der Waals surface area (Å²) in [5.41, 5.74) is 11.5. The van der Waals surface area contributed by atoms with Crippen molar-refractivity contribution in [3.05, 3.63) is 66.5 Å². The molecule has 4 rings (SSSR count). The Morgan fingerprint density at radius 2 is 1.81 bits per heavy atom. The molecule has 32 heavy (non-hydrogen) atoms. The van der Waals surface area contributed by atoms with E-state index in [1.54, 1.807) is 28.4 Å². The second-order valence-corrected chi connectivity index (χ2v) is 9.25. The monoisotopic (exact) mass is 560 g/mol. The molecule has 2 aromatic carbocycles. The van der Waals surface area contributed by atoms with Gasteiger partial charge in [-0.1, -0.05) is 24.3 Å². The van der Waals surface area contributed by atoms with Crippen LogP contribution in [0.1, 0.15) is 10.4 Å². The van der Waals surface area contributed by atoms with Crippen LogP contribution in [0.2, 0.25) is 0 Å². The topological polar surface area (TPSA) is 73.4 Å². The lowest BCUT2D eigenvalue weighted by Gasteiger charge is -2.08. The van der Waals surface area contributed by atoms with Gasteiger partial charge in [0.1, 0.15) is 5.75 Å². The van der Waals surface area contributed by atoms with Crippen molar-refractivity contribution in [1.29, 1.82) is 0 Å². The van der Waals surface area contributed by atoms with Gasteiger partial charge in [0.05, 0.1) is 7.11 Å². The summed E-state index contributed by atoms with van der Waals surface area (Å²) in [5, 5.41) is 1.01. The highest BCUT2D eigenvalue weighted by Gasteiger charge is 2.16. The van der Waals surface area contributed by atoms with Crippen LogP contribution in [0.25, 0.3) is 33.3 Å². The molecule has 4 aromatic rings. The summed E-state index contributed by atoms with van der Waals surface area (Å²) in [4.78, 5) is 17.9. The minimum absolute atomic E-state index is 0.468. The van der Waals surface area contributed by atoms with Crippen molar-refractivity contribution >= 4 is 53.3 Å². The number of hydrogen-bond donors (Lipinski definition) is 1. The molecule has 166 valence electrons. The number of nitrogen functional groups attached to an aromatic ring is 1. The Bertz CT molecular complexity index is 1240. The van der Waals surface area contributed by atoms with E-state index >= 15 is 0 Å². The fraction of sp³-hybridized carbons (Fsp3) is 0.167. The molecule has 6 nitrogen and oxygen atoms in total. The van der Waals surface area contributed by atoms with Gasteiger partial charge in [0, 0.05) is 76.0 Å². The minimum Gasteiger partial charge on any atom is -0.496 e. The number of benzene rings is 2. The van der Waals surface area contributed by atoms with Crippen molar-refractivity contribution in [2.45, 2.75) is 0 Å². The van der Waals surface area contributed by atoms with Crippen LogP contribution in [0, 0.1) is 0 Å². The van der Waals surface area contributed by atoms with E-state index < -0.39 is 0 Å².